The molecule has 0 unspecified atom stereocenters. The van der Waals surface area contributed by atoms with Crippen molar-refractivity contribution >= 4 is 29.2 Å². The number of amides is 2. The second-order valence-electron chi connectivity index (χ2n) is 6.17. The molecule has 0 bridgehead atoms. The molecule has 0 aromatic heterocycles. The number of para-hydroxylation sites is 2. The lowest BCUT2D eigenvalue weighted by molar-refractivity contribution is -0.135. The van der Waals surface area contributed by atoms with Gasteiger partial charge in [0.2, 0.25) is 11.8 Å². The van der Waals surface area contributed by atoms with E-state index in [0.717, 1.165) is 0 Å². The normalized spacial score (nSPS) is 10.7. The highest BCUT2D eigenvalue weighted by molar-refractivity contribution is 6.15. The van der Waals surface area contributed by atoms with E-state index in [9.17, 15) is 14.4 Å². The van der Waals surface area contributed by atoms with Gasteiger partial charge in [-0.25, -0.2) is 4.79 Å². The maximum atomic E-state index is 12.7. The highest BCUT2D eigenvalue weighted by Crippen LogP contribution is 2.23. The molecule has 0 atom stereocenters. The van der Waals surface area contributed by atoms with Gasteiger partial charge in [-0.2, -0.15) is 0 Å². The first-order valence-corrected chi connectivity index (χ1v) is 8.30. The van der Waals surface area contributed by atoms with Gasteiger partial charge in [0.1, 0.15) is 5.41 Å². The van der Waals surface area contributed by atoms with Gasteiger partial charge in [-0.1, -0.05) is 30.3 Å². The molecule has 2 rings (SSSR count). The van der Waals surface area contributed by atoms with Gasteiger partial charge in [0.05, 0.1) is 17.9 Å². The molecular formula is C20H22N2O4. The number of rotatable bonds is 6. The maximum Gasteiger partial charge on any atom is 0.340 e. The minimum absolute atomic E-state index is 0.228. The average molecular weight is 354 g/mol. The summed E-state index contributed by atoms with van der Waals surface area (Å²) < 4.78 is 4.99. The van der Waals surface area contributed by atoms with Crippen molar-refractivity contribution in [2.75, 3.05) is 17.2 Å². The molecule has 0 saturated carbocycles. The molecule has 2 aromatic carbocycles. The van der Waals surface area contributed by atoms with E-state index in [2.05, 4.69) is 10.6 Å². The van der Waals surface area contributed by atoms with Gasteiger partial charge in [-0.3, -0.25) is 9.59 Å². The van der Waals surface area contributed by atoms with Crippen LogP contribution < -0.4 is 10.6 Å². The minimum Gasteiger partial charge on any atom is -0.462 e. The summed E-state index contributed by atoms with van der Waals surface area (Å²) in [5.41, 5.74) is -0.207. The molecule has 0 aliphatic rings. The van der Waals surface area contributed by atoms with E-state index < -0.39 is 23.2 Å². The zero-order valence-corrected chi connectivity index (χ0v) is 15.0. The molecule has 6 heteroatoms. The largest absolute Gasteiger partial charge is 0.462 e. The van der Waals surface area contributed by atoms with Gasteiger partial charge in [0.25, 0.3) is 0 Å². The fourth-order valence-corrected chi connectivity index (χ4v) is 2.17. The van der Waals surface area contributed by atoms with Gasteiger partial charge in [0.15, 0.2) is 0 Å². The summed E-state index contributed by atoms with van der Waals surface area (Å²) in [5, 5.41) is 5.37. The number of benzene rings is 2. The Morgan fingerprint density at radius 2 is 1.46 bits per heavy atom. The topological polar surface area (TPSA) is 84.5 Å². The summed E-state index contributed by atoms with van der Waals surface area (Å²) in [4.78, 5) is 37.2. The lowest BCUT2D eigenvalue weighted by Crippen LogP contribution is -2.41. The predicted octanol–water partition coefficient (Wildman–Crippen LogP) is 3.47. The van der Waals surface area contributed by atoms with E-state index in [-0.39, 0.29) is 12.2 Å². The molecule has 6 nitrogen and oxygen atoms in total. The van der Waals surface area contributed by atoms with Crippen molar-refractivity contribution in [3.8, 4) is 0 Å². The highest BCUT2D eigenvalue weighted by Gasteiger charge is 2.36. The Kier molecular flexibility index (Phi) is 6.11. The molecule has 0 heterocycles. The van der Waals surface area contributed by atoms with Crippen molar-refractivity contribution in [2.45, 2.75) is 20.8 Å². The number of carbonyl (C=O) groups is 3. The quantitative estimate of drug-likeness (QED) is 0.614. The lowest BCUT2D eigenvalue weighted by atomic mass is 9.90. The lowest BCUT2D eigenvalue weighted by Gasteiger charge is -2.23. The Morgan fingerprint density at radius 1 is 0.885 bits per heavy atom. The Morgan fingerprint density at radius 3 is 2.12 bits per heavy atom. The Labute approximate surface area is 152 Å². The molecule has 0 aliphatic heterocycles. The van der Waals surface area contributed by atoms with Crippen LogP contribution in [0.15, 0.2) is 54.6 Å². The van der Waals surface area contributed by atoms with Crippen molar-refractivity contribution in [3.63, 3.8) is 0 Å². The first-order valence-electron chi connectivity index (χ1n) is 8.30. The fourth-order valence-electron chi connectivity index (χ4n) is 2.17. The molecular weight excluding hydrogens is 332 g/mol. The second-order valence-corrected chi connectivity index (χ2v) is 6.17. The van der Waals surface area contributed by atoms with Crippen LogP contribution in [0.5, 0.6) is 0 Å². The van der Waals surface area contributed by atoms with Crippen LogP contribution in [0.2, 0.25) is 0 Å². The zero-order valence-electron chi connectivity index (χ0n) is 15.0. The third kappa shape index (κ3) is 4.47. The molecule has 136 valence electrons. The third-order valence-electron chi connectivity index (χ3n) is 3.84. The number of hydrogen-bond acceptors (Lipinski definition) is 4. The van der Waals surface area contributed by atoms with Gasteiger partial charge in [-0.05, 0) is 45.0 Å². The molecule has 2 N–H and O–H groups in total. The van der Waals surface area contributed by atoms with Crippen LogP contribution in [0.1, 0.15) is 31.1 Å². The molecule has 0 aliphatic carbocycles. The molecule has 0 spiro atoms. The van der Waals surface area contributed by atoms with Crippen LogP contribution in [0.3, 0.4) is 0 Å². The Balaban J connectivity index is 2.15. The summed E-state index contributed by atoms with van der Waals surface area (Å²) in [6.45, 7) is 4.98. The van der Waals surface area contributed by atoms with E-state index >= 15 is 0 Å². The Bertz CT molecular complexity index is 800. The van der Waals surface area contributed by atoms with Crippen LogP contribution in [0.25, 0.3) is 0 Å². The number of hydrogen-bond donors (Lipinski definition) is 2. The predicted molar refractivity (Wildman–Crippen MR) is 99.9 cm³/mol. The van der Waals surface area contributed by atoms with E-state index in [1.807, 2.05) is 6.07 Å². The molecule has 2 amide bonds. The zero-order chi connectivity index (χ0) is 19.2. The van der Waals surface area contributed by atoms with Crippen molar-refractivity contribution in [1.29, 1.82) is 0 Å². The highest BCUT2D eigenvalue weighted by atomic mass is 16.5. The first kappa shape index (κ1) is 19.2. The van der Waals surface area contributed by atoms with Crippen molar-refractivity contribution in [2.24, 2.45) is 5.41 Å². The summed E-state index contributed by atoms with van der Waals surface area (Å²) in [5.74, 6) is -1.51. The Hall–Kier alpha value is -3.15. The van der Waals surface area contributed by atoms with Gasteiger partial charge >= 0.3 is 5.97 Å². The number of anilines is 2. The fraction of sp³-hybridized carbons (Fsp3) is 0.250. The van der Waals surface area contributed by atoms with E-state index in [1.165, 1.54) is 13.8 Å². The standard InChI is InChI=1S/C20H22N2O4/c1-4-26-17(23)15-12-8-9-13-16(15)22-19(25)20(2,3)18(24)21-14-10-6-5-7-11-14/h5-13H,4H2,1-3H3,(H,21,24)(H,22,25). The van der Waals surface area contributed by atoms with Crippen LogP contribution in [-0.4, -0.2) is 24.4 Å². The van der Waals surface area contributed by atoms with Crippen molar-refractivity contribution < 1.29 is 19.1 Å². The summed E-state index contributed by atoms with van der Waals surface area (Å²) in [7, 11) is 0. The molecule has 0 saturated heterocycles. The monoisotopic (exact) mass is 354 g/mol. The third-order valence-corrected chi connectivity index (χ3v) is 3.84. The summed E-state index contributed by atoms with van der Waals surface area (Å²) in [6, 6.07) is 15.4. The number of nitrogens with one attached hydrogen (secondary N) is 2. The summed E-state index contributed by atoms with van der Waals surface area (Å²) >= 11 is 0. The van der Waals surface area contributed by atoms with Gasteiger partial charge < -0.3 is 15.4 Å². The molecule has 26 heavy (non-hydrogen) atoms. The van der Waals surface area contributed by atoms with Crippen molar-refractivity contribution in [3.05, 3.63) is 60.2 Å². The summed E-state index contributed by atoms with van der Waals surface area (Å²) in [6.07, 6.45) is 0. The molecule has 0 radical (unpaired) electrons. The number of esters is 1. The average Bonchev–Trinajstić information content (AvgIpc) is 2.63. The minimum atomic E-state index is -1.35. The number of ether oxygens (including phenoxy) is 1. The van der Waals surface area contributed by atoms with E-state index in [4.69, 9.17) is 4.74 Å². The van der Waals surface area contributed by atoms with Crippen LogP contribution in [-0.2, 0) is 14.3 Å². The molecule has 2 aromatic rings. The van der Waals surface area contributed by atoms with Gasteiger partial charge in [0, 0.05) is 5.69 Å². The van der Waals surface area contributed by atoms with Crippen LogP contribution in [0.4, 0.5) is 11.4 Å². The van der Waals surface area contributed by atoms with Crippen LogP contribution >= 0.6 is 0 Å². The van der Waals surface area contributed by atoms with Gasteiger partial charge in [-0.15, -0.1) is 0 Å². The molecule has 0 fully saturated rings. The maximum absolute atomic E-state index is 12.7. The smallest absolute Gasteiger partial charge is 0.340 e. The van der Waals surface area contributed by atoms with Crippen molar-refractivity contribution in [1.82, 2.24) is 0 Å². The van der Waals surface area contributed by atoms with Crippen LogP contribution in [0, 0.1) is 5.41 Å². The van der Waals surface area contributed by atoms with E-state index in [0.29, 0.717) is 11.4 Å². The second kappa shape index (κ2) is 8.29. The SMILES string of the molecule is CCOC(=O)c1ccccc1NC(=O)C(C)(C)C(=O)Nc1ccccc1. The number of carbonyl (C=O) groups excluding carboxylic acids is 3. The first-order chi connectivity index (χ1) is 12.4. The van der Waals surface area contributed by atoms with E-state index in [1.54, 1.807) is 55.5 Å².